The number of rotatable bonds is 4. The largest absolute Gasteiger partial charge is 0.408 e. The van der Waals surface area contributed by atoms with Crippen molar-refractivity contribution in [1.82, 2.24) is 20.2 Å². The lowest BCUT2D eigenvalue weighted by atomic mass is 10.3. The van der Waals surface area contributed by atoms with Gasteiger partial charge in [0.25, 0.3) is 5.91 Å². The molecule has 0 aliphatic rings. The molecule has 0 bridgehead atoms. The maximum absolute atomic E-state index is 12.1. The lowest BCUT2D eigenvalue weighted by Gasteiger charge is -2.04. The van der Waals surface area contributed by atoms with Crippen LogP contribution in [0.1, 0.15) is 16.1 Å². The predicted molar refractivity (Wildman–Crippen MR) is 67.6 cm³/mol. The highest BCUT2D eigenvalue weighted by atomic mass is 19.4. The van der Waals surface area contributed by atoms with E-state index in [1.54, 1.807) is 0 Å². The molecule has 110 valence electrons. The molecule has 21 heavy (non-hydrogen) atoms. The Morgan fingerprint density at radius 1 is 1.33 bits per heavy atom. The molecule has 6 nitrogen and oxygen atoms in total. The SMILES string of the molecule is O=C(N/N=C/c1ccn(CC(F)(F)F)n1)c1ccncc1. The van der Waals surface area contributed by atoms with Crippen LogP contribution in [0.4, 0.5) is 13.2 Å². The number of hydrogen-bond acceptors (Lipinski definition) is 4. The lowest BCUT2D eigenvalue weighted by Crippen LogP contribution is -2.18. The number of hydrogen-bond donors (Lipinski definition) is 1. The fraction of sp³-hybridized carbons (Fsp3) is 0.167. The Labute approximate surface area is 117 Å². The number of amides is 1. The van der Waals surface area contributed by atoms with Gasteiger partial charge in [-0.2, -0.15) is 23.4 Å². The van der Waals surface area contributed by atoms with E-state index in [0.29, 0.717) is 5.56 Å². The summed E-state index contributed by atoms with van der Waals surface area (Å²) in [4.78, 5) is 15.4. The van der Waals surface area contributed by atoms with Crippen molar-refractivity contribution >= 4 is 12.1 Å². The second-order valence-electron chi connectivity index (χ2n) is 3.99. The maximum atomic E-state index is 12.1. The molecule has 1 amide bonds. The van der Waals surface area contributed by atoms with Crippen LogP contribution in [0.25, 0.3) is 0 Å². The van der Waals surface area contributed by atoms with Gasteiger partial charge < -0.3 is 0 Å². The van der Waals surface area contributed by atoms with Gasteiger partial charge in [-0.3, -0.25) is 14.5 Å². The topological polar surface area (TPSA) is 72.2 Å². The fourth-order valence-corrected chi connectivity index (χ4v) is 1.44. The molecule has 0 aromatic carbocycles. The van der Waals surface area contributed by atoms with Crippen molar-refractivity contribution in [2.75, 3.05) is 0 Å². The molecular formula is C12H10F3N5O. The van der Waals surface area contributed by atoms with Crippen molar-refractivity contribution in [2.24, 2.45) is 5.10 Å². The number of hydrazone groups is 1. The molecule has 1 N–H and O–H groups in total. The van der Waals surface area contributed by atoms with Gasteiger partial charge in [0.1, 0.15) is 12.2 Å². The summed E-state index contributed by atoms with van der Waals surface area (Å²) in [6.45, 7) is -1.18. The highest BCUT2D eigenvalue weighted by molar-refractivity contribution is 5.94. The van der Waals surface area contributed by atoms with Crippen molar-refractivity contribution in [3.05, 3.63) is 48.0 Å². The average Bonchev–Trinajstić information content (AvgIpc) is 2.85. The smallest absolute Gasteiger partial charge is 0.267 e. The summed E-state index contributed by atoms with van der Waals surface area (Å²) < 4.78 is 37.2. The molecule has 0 saturated carbocycles. The van der Waals surface area contributed by atoms with Crippen molar-refractivity contribution in [1.29, 1.82) is 0 Å². The van der Waals surface area contributed by atoms with Gasteiger partial charge in [-0.05, 0) is 18.2 Å². The number of aromatic nitrogens is 3. The van der Waals surface area contributed by atoms with E-state index in [1.807, 2.05) is 0 Å². The van der Waals surface area contributed by atoms with Crippen LogP contribution in [0.15, 0.2) is 41.9 Å². The van der Waals surface area contributed by atoms with Gasteiger partial charge in [-0.1, -0.05) is 0 Å². The summed E-state index contributed by atoms with van der Waals surface area (Å²) in [6.07, 6.45) is 0.913. The average molecular weight is 297 g/mol. The Morgan fingerprint density at radius 2 is 2.05 bits per heavy atom. The second-order valence-corrected chi connectivity index (χ2v) is 3.99. The van der Waals surface area contributed by atoms with E-state index >= 15 is 0 Å². The van der Waals surface area contributed by atoms with Crippen LogP contribution in [0.2, 0.25) is 0 Å². The number of nitrogens with zero attached hydrogens (tertiary/aromatic N) is 4. The zero-order valence-corrected chi connectivity index (χ0v) is 10.6. The summed E-state index contributed by atoms with van der Waals surface area (Å²) in [5.41, 5.74) is 2.80. The van der Waals surface area contributed by atoms with E-state index in [9.17, 15) is 18.0 Å². The van der Waals surface area contributed by atoms with E-state index in [-0.39, 0.29) is 5.69 Å². The number of halogens is 3. The summed E-state index contributed by atoms with van der Waals surface area (Å²) in [5, 5.41) is 7.28. The van der Waals surface area contributed by atoms with Crippen LogP contribution in [0.5, 0.6) is 0 Å². The summed E-state index contributed by atoms with van der Waals surface area (Å²) in [6, 6.07) is 4.36. The molecular weight excluding hydrogens is 287 g/mol. The summed E-state index contributed by atoms with van der Waals surface area (Å²) in [7, 11) is 0. The van der Waals surface area contributed by atoms with Crippen LogP contribution in [0, 0.1) is 0 Å². The first-order chi connectivity index (χ1) is 9.94. The Bertz CT molecular complexity index is 636. The minimum absolute atomic E-state index is 0.203. The number of alkyl halides is 3. The van der Waals surface area contributed by atoms with Gasteiger partial charge in [-0.25, -0.2) is 5.43 Å². The molecule has 0 fully saturated rings. The quantitative estimate of drug-likeness (QED) is 0.688. The highest BCUT2D eigenvalue weighted by Gasteiger charge is 2.28. The number of carbonyl (C=O) groups excluding carboxylic acids is 1. The second kappa shape index (κ2) is 6.16. The molecule has 2 heterocycles. The molecule has 2 aromatic heterocycles. The molecule has 0 radical (unpaired) electrons. The van der Waals surface area contributed by atoms with Crippen LogP contribution in [-0.2, 0) is 6.54 Å². The lowest BCUT2D eigenvalue weighted by molar-refractivity contribution is -0.142. The van der Waals surface area contributed by atoms with E-state index in [2.05, 4.69) is 20.6 Å². The monoisotopic (exact) mass is 297 g/mol. The standard InChI is InChI=1S/C12H10F3N5O/c13-12(14,15)8-20-6-3-10(19-20)7-17-18-11(21)9-1-4-16-5-2-9/h1-7H,8H2,(H,18,21)/b17-7+. The zero-order valence-electron chi connectivity index (χ0n) is 10.6. The fourth-order valence-electron chi connectivity index (χ4n) is 1.44. The first-order valence-corrected chi connectivity index (χ1v) is 5.78. The Morgan fingerprint density at radius 3 is 2.71 bits per heavy atom. The van der Waals surface area contributed by atoms with Crippen LogP contribution in [-0.4, -0.2) is 33.1 Å². The molecule has 0 unspecified atom stereocenters. The van der Waals surface area contributed by atoms with Gasteiger partial charge in [0.15, 0.2) is 0 Å². The van der Waals surface area contributed by atoms with E-state index in [4.69, 9.17) is 0 Å². The highest BCUT2D eigenvalue weighted by Crippen LogP contribution is 2.16. The van der Waals surface area contributed by atoms with Gasteiger partial charge in [-0.15, -0.1) is 0 Å². The van der Waals surface area contributed by atoms with E-state index in [1.165, 1.54) is 36.8 Å². The van der Waals surface area contributed by atoms with Gasteiger partial charge in [0.2, 0.25) is 0 Å². The summed E-state index contributed by atoms with van der Waals surface area (Å²) >= 11 is 0. The first-order valence-electron chi connectivity index (χ1n) is 5.78. The normalized spacial score (nSPS) is 11.8. The molecule has 0 atom stereocenters. The molecule has 9 heteroatoms. The molecule has 0 aliphatic carbocycles. The van der Waals surface area contributed by atoms with Crippen LogP contribution in [0.3, 0.4) is 0 Å². The van der Waals surface area contributed by atoms with Crippen molar-refractivity contribution < 1.29 is 18.0 Å². The predicted octanol–water partition coefficient (Wildman–Crippen LogP) is 1.60. The van der Waals surface area contributed by atoms with Gasteiger partial charge >= 0.3 is 6.18 Å². The Hall–Kier alpha value is -2.71. The third-order valence-corrected chi connectivity index (χ3v) is 2.31. The minimum atomic E-state index is -4.34. The molecule has 2 aromatic rings. The van der Waals surface area contributed by atoms with Crippen molar-refractivity contribution in [3.63, 3.8) is 0 Å². The number of carbonyl (C=O) groups is 1. The summed E-state index contributed by atoms with van der Waals surface area (Å²) in [5.74, 6) is -0.455. The third kappa shape index (κ3) is 4.71. The Balaban J connectivity index is 1.92. The van der Waals surface area contributed by atoms with Gasteiger partial charge in [0.05, 0.1) is 6.21 Å². The van der Waals surface area contributed by atoms with Crippen molar-refractivity contribution in [2.45, 2.75) is 12.7 Å². The molecule has 0 aliphatic heterocycles. The van der Waals surface area contributed by atoms with Crippen LogP contribution < -0.4 is 5.43 Å². The van der Waals surface area contributed by atoms with E-state index in [0.717, 1.165) is 10.9 Å². The first kappa shape index (κ1) is 14.7. The Kier molecular flexibility index (Phi) is 4.31. The molecule has 2 rings (SSSR count). The third-order valence-electron chi connectivity index (χ3n) is 2.31. The minimum Gasteiger partial charge on any atom is -0.267 e. The molecule has 0 saturated heterocycles. The van der Waals surface area contributed by atoms with Crippen molar-refractivity contribution in [3.8, 4) is 0 Å². The van der Waals surface area contributed by atoms with Crippen LogP contribution >= 0.6 is 0 Å². The van der Waals surface area contributed by atoms with E-state index < -0.39 is 18.6 Å². The maximum Gasteiger partial charge on any atom is 0.408 e. The zero-order chi connectivity index (χ0) is 15.3. The molecule has 0 spiro atoms. The van der Waals surface area contributed by atoms with Gasteiger partial charge in [0, 0.05) is 24.2 Å². The number of pyridine rings is 1. The number of nitrogens with one attached hydrogen (secondary N) is 1.